The van der Waals surface area contributed by atoms with Crippen LogP contribution in [0.15, 0.2) is 24.3 Å². The first-order chi connectivity index (χ1) is 9.45. The van der Waals surface area contributed by atoms with E-state index in [0.717, 1.165) is 5.92 Å². The summed E-state index contributed by atoms with van der Waals surface area (Å²) < 4.78 is 0. The van der Waals surface area contributed by atoms with Crippen molar-refractivity contribution in [3.05, 3.63) is 35.4 Å². The monoisotopic (exact) mass is 271 g/mol. The molecule has 1 unspecified atom stereocenters. The van der Waals surface area contributed by atoms with E-state index < -0.39 is 0 Å². The van der Waals surface area contributed by atoms with Crippen LogP contribution in [-0.4, -0.2) is 6.54 Å². The topological polar surface area (TPSA) is 12.0 Å². The maximum atomic E-state index is 3.90. The van der Waals surface area contributed by atoms with Crippen molar-refractivity contribution in [1.82, 2.24) is 5.32 Å². The molecule has 0 bridgehead atoms. The molecule has 0 aliphatic heterocycles. The van der Waals surface area contributed by atoms with Gasteiger partial charge in [0.1, 0.15) is 0 Å². The number of nitrogens with one attached hydrogen (secondary N) is 1. The van der Waals surface area contributed by atoms with E-state index in [2.05, 4.69) is 57.3 Å². The molecule has 0 aromatic heterocycles. The van der Waals surface area contributed by atoms with E-state index in [1.807, 2.05) is 0 Å². The summed E-state index contributed by atoms with van der Waals surface area (Å²) >= 11 is 0. The molecule has 0 spiro atoms. The molecule has 1 fully saturated rings. The Labute approximate surface area is 124 Å². The maximum Gasteiger partial charge on any atom is 0.0323 e. The minimum atomic E-state index is 0.337. The van der Waals surface area contributed by atoms with Crippen LogP contribution >= 0.6 is 0 Å². The zero-order valence-corrected chi connectivity index (χ0v) is 13.5. The maximum absolute atomic E-state index is 3.90. The van der Waals surface area contributed by atoms with E-state index in [1.165, 1.54) is 32.2 Å². The second-order valence-electron chi connectivity index (χ2n) is 7.96. The Balaban J connectivity index is 1.76. The second-order valence-corrected chi connectivity index (χ2v) is 7.96. The van der Waals surface area contributed by atoms with Crippen LogP contribution in [0.1, 0.15) is 70.5 Å². The van der Waals surface area contributed by atoms with Gasteiger partial charge in [-0.05, 0) is 53.6 Å². The van der Waals surface area contributed by atoms with Crippen LogP contribution in [0.5, 0.6) is 0 Å². The third kappa shape index (κ3) is 2.41. The molecule has 2 aliphatic carbocycles. The van der Waals surface area contributed by atoms with Gasteiger partial charge >= 0.3 is 0 Å². The van der Waals surface area contributed by atoms with Crippen molar-refractivity contribution >= 4 is 0 Å². The predicted molar refractivity (Wildman–Crippen MR) is 86.0 cm³/mol. The number of rotatable bonds is 4. The van der Waals surface area contributed by atoms with E-state index in [0.29, 0.717) is 16.9 Å². The van der Waals surface area contributed by atoms with Crippen LogP contribution in [0.3, 0.4) is 0 Å². The first kappa shape index (κ1) is 14.1. The van der Waals surface area contributed by atoms with Gasteiger partial charge in [-0.1, -0.05) is 52.0 Å². The van der Waals surface area contributed by atoms with Crippen molar-refractivity contribution in [3.8, 4) is 0 Å². The highest BCUT2D eigenvalue weighted by Gasteiger charge is 2.45. The standard InChI is InChI=1S/C19H29N/c1-14(2)19(11-12-19)13-20-17-9-10-18(3,4)16-8-6-5-7-15(16)17/h5-8,14,17,20H,9-13H2,1-4H3. The largest absolute Gasteiger partial charge is 0.309 e. The molecule has 1 atom stereocenters. The lowest BCUT2D eigenvalue weighted by Crippen LogP contribution is -2.36. The summed E-state index contributed by atoms with van der Waals surface area (Å²) in [4.78, 5) is 0. The third-order valence-electron chi connectivity index (χ3n) is 5.94. The van der Waals surface area contributed by atoms with Crippen molar-refractivity contribution < 1.29 is 0 Å². The van der Waals surface area contributed by atoms with E-state index in [1.54, 1.807) is 11.1 Å². The molecule has 1 N–H and O–H groups in total. The molecule has 3 rings (SSSR count). The number of fused-ring (bicyclic) bond motifs is 1. The van der Waals surface area contributed by atoms with Crippen LogP contribution in [-0.2, 0) is 5.41 Å². The Hall–Kier alpha value is -0.820. The summed E-state index contributed by atoms with van der Waals surface area (Å²) in [7, 11) is 0. The Morgan fingerprint density at radius 1 is 1.15 bits per heavy atom. The van der Waals surface area contributed by atoms with Crippen molar-refractivity contribution in [1.29, 1.82) is 0 Å². The quantitative estimate of drug-likeness (QED) is 0.827. The molecule has 110 valence electrons. The molecule has 0 radical (unpaired) electrons. The molecule has 1 heteroatoms. The third-order valence-corrected chi connectivity index (χ3v) is 5.94. The molecule has 1 nitrogen and oxygen atoms in total. The van der Waals surface area contributed by atoms with Gasteiger partial charge < -0.3 is 5.32 Å². The first-order valence-electron chi connectivity index (χ1n) is 8.27. The summed E-state index contributed by atoms with van der Waals surface area (Å²) in [5, 5.41) is 3.90. The predicted octanol–water partition coefficient (Wildman–Crippen LogP) is 4.82. The highest BCUT2D eigenvalue weighted by molar-refractivity contribution is 5.38. The van der Waals surface area contributed by atoms with E-state index in [4.69, 9.17) is 0 Å². The fourth-order valence-electron chi connectivity index (χ4n) is 3.87. The van der Waals surface area contributed by atoms with E-state index in [-0.39, 0.29) is 0 Å². The number of hydrogen-bond donors (Lipinski definition) is 1. The van der Waals surface area contributed by atoms with Crippen molar-refractivity contribution in [2.45, 2.75) is 64.8 Å². The van der Waals surface area contributed by atoms with Gasteiger partial charge in [-0.15, -0.1) is 0 Å². The van der Waals surface area contributed by atoms with Crippen molar-refractivity contribution in [3.63, 3.8) is 0 Å². The SMILES string of the molecule is CC(C)C1(CNC2CCC(C)(C)c3ccccc32)CC1. The summed E-state index contributed by atoms with van der Waals surface area (Å²) in [5.74, 6) is 0.810. The van der Waals surface area contributed by atoms with Crippen LogP contribution in [0.25, 0.3) is 0 Å². The minimum absolute atomic E-state index is 0.337. The summed E-state index contributed by atoms with van der Waals surface area (Å²) in [6.07, 6.45) is 5.39. The Kier molecular flexibility index (Phi) is 3.44. The van der Waals surface area contributed by atoms with Gasteiger partial charge in [0.2, 0.25) is 0 Å². The van der Waals surface area contributed by atoms with Crippen LogP contribution in [0, 0.1) is 11.3 Å². The van der Waals surface area contributed by atoms with Crippen LogP contribution in [0.4, 0.5) is 0 Å². The Morgan fingerprint density at radius 3 is 2.50 bits per heavy atom. The first-order valence-corrected chi connectivity index (χ1v) is 8.27. The zero-order valence-electron chi connectivity index (χ0n) is 13.5. The summed E-state index contributed by atoms with van der Waals surface area (Å²) in [6, 6.07) is 9.63. The number of hydrogen-bond acceptors (Lipinski definition) is 1. The van der Waals surface area contributed by atoms with Gasteiger partial charge in [0.25, 0.3) is 0 Å². The zero-order chi connectivity index (χ0) is 14.4. The molecule has 0 heterocycles. The fraction of sp³-hybridized carbons (Fsp3) is 0.684. The van der Waals surface area contributed by atoms with Gasteiger partial charge in [0, 0.05) is 12.6 Å². The molecular formula is C19H29N. The molecule has 1 aromatic carbocycles. The van der Waals surface area contributed by atoms with Gasteiger partial charge in [0.15, 0.2) is 0 Å². The molecule has 20 heavy (non-hydrogen) atoms. The average Bonchev–Trinajstić information content (AvgIpc) is 3.19. The molecular weight excluding hydrogens is 242 g/mol. The van der Waals surface area contributed by atoms with Gasteiger partial charge in [-0.3, -0.25) is 0 Å². The smallest absolute Gasteiger partial charge is 0.0323 e. The molecule has 2 aliphatic rings. The lowest BCUT2D eigenvalue weighted by molar-refractivity contribution is 0.293. The van der Waals surface area contributed by atoms with Crippen LogP contribution in [0.2, 0.25) is 0 Å². The van der Waals surface area contributed by atoms with Crippen molar-refractivity contribution in [2.24, 2.45) is 11.3 Å². The minimum Gasteiger partial charge on any atom is -0.309 e. The average molecular weight is 271 g/mol. The molecule has 1 aromatic rings. The van der Waals surface area contributed by atoms with Gasteiger partial charge in [0.05, 0.1) is 0 Å². The molecule has 0 amide bonds. The van der Waals surface area contributed by atoms with Gasteiger partial charge in [-0.25, -0.2) is 0 Å². The second kappa shape index (κ2) is 4.87. The lowest BCUT2D eigenvalue weighted by atomic mass is 9.71. The van der Waals surface area contributed by atoms with Crippen LogP contribution < -0.4 is 5.32 Å². The Morgan fingerprint density at radius 2 is 1.85 bits per heavy atom. The van der Waals surface area contributed by atoms with E-state index in [9.17, 15) is 0 Å². The molecule has 1 saturated carbocycles. The highest BCUT2D eigenvalue weighted by Crippen LogP contribution is 2.52. The van der Waals surface area contributed by atoms with E-state index >= 15 is 0 Å². The van der Waals surface area contributed by atoms with Crippen molar-refractivity contribution in [2.75, 3.05) is 6.54 Å². The normalized spacial score (nSPS) is 26.4. The lowest BCUT2D eigenvalue weighted by Gasteiger charge is -2.38. The summed E-state index contributed by atoms with van der Waals surface area (Å²) in [5.41, 5.74) is 4.04. The Bertz CT molecular complexity index is 482. The van der Waals surface area contributed by atoms with Gasteiger partial charge in [-0.2, -0.15) is 0 Å². The highest BCUT2D eigenvalue weighted by atomic mass is 14.9. The summed E-state index contributed by atoms with van der Waals surface area (Å²) in [6.45, 7) is 10.7. The fourth-order valence-corrected chi connectivity index (χ4v) is 3.87. The molecule has 0 saturated heterocycles. The number of benzene rings is 1.